The van der Waals surface area contributed by atoms with E-state index in [2.05, 4.69) is 5.32 Å². The maximum absolute atomic E-state index is 12.4. The Balaban J connectivity index is 4.66. The van der Waals surface area contributed by atoms with E-state index in [1.54, 1.807) is 18.9 Å². The summed E-state index contributed by atoms with van der Waals surface area (Å²) < 4.78 is 29.5. The smallest absolute Gasteiger partial charge is 0.325 e. The third-order valence-electron chi connectivity index (χ3n) is 3.28. The highest BCUT2D eigenvalue weighted by Crippen LogP contribution is 2.18. The predicted octanol–water partition coefficient (Wildman–Crippen LogP) is 1.89. The quantitative estimate of drug-likeness (QED) is 0.655. The van der Waals surface area contributed by atoms with Crippen LogP contribution in [0.2, 0.25) is 0 Å². The lowest BCUT2D eigenvalue weighted by Crippen LogP contribution is -2.54. The molecule has 1 N–H and O–H groups in total. The zero-order chi connectivity index (χ0) is 15.1. The second-order valence-electron chi connectivity index (χ2n) is 5.13. The first-order valence-corrected chi connectivity index (χ1v) is 6.58. The summed E-state index contributed by atoms with van der Waals surface area (Å²) in [5, 5.41) is 3.15. The third kappa shape index (κ3) is 6.29. The number of ether oxygens (including phenoxy) is 1. The fraction of sp³-hybridized carbons (Fsp3) is 0.923. The summed E-state index contributed by atoms with van der Waals surface area (Å²) in [7, 11) is 2.97. The van der Waals surface area contributed by atoms with Crippen molar-refractivity contribution in [1.82, 2.24) is 10.2 Å². The van der Waals surface area contributed by atoms with Crippen molar-refractivity contribution in [1.29, 1.82) is 0 Å². The third-order valence-corrected chi connectivity index (χ3v) is 3.28. The first kappa shape index (κ1) is 18.2. The number of carbonyl (C=O) groups excluding carboxylic acids is 1. The van der Waals surface area contributed by atoms with Gasteiger partial charge in [0.1, 0.15) is 5.54 Å². The lowest BCUT2D eigenvalue weighted by atomic mass is 9.92. The Kier molecular flexibility index (Phi) is 8.09. The molecule has 4 nitrogen and oxygen atoms in total. The van der Waals surface area contributed by atoms with Crippen molar-refractivity contribution in [2.75, 3.05) is 27.2 Å². The van der Waals surface area contributed by atoms with E-state index in [0.29, 0.717) is 13.0 Å². The number of hydrogen-bond donors (Lipinski definition) is 1. The van der Waals surface area contributed by atoms with E-state index in [0.717, 1.165) is 6.42 Å². The van der Waals surface area contributed by atoms with Crippen molar-refractivity contribution < 1.29 is 18.3 Å². The summed E-state index contributed by atoms with van der Waals surface area (Å²) >= 11 is 0. The van der Waals surface area contributed by atoms with E-state index >= 15 is 0 Å². The predicted molar refractivity (Wildman–Crippen MR) is 71.4 cm³/mol. The minimum atomic E-state index is -2.37. The van der Waals surface area contributed by atoms with Gasteiger partial charge in [-0.25, -0.2) is 8.78 Å². The molecule has 0 bridgehead atoms. The number of nitrogens with one attached hydrogen (secondary N) is 1. The van der Waals surface area contributed by atoms with Crippen molar-refractivity contribution >= 4 is 5.97 Å². The molecule has 6 heteroatoms. The highest BCUT2D eigenvalue weighted by atomic mass is 19.3. The number of methoxy groups -OCH3 is 1. The van der Waals surface area contributed by atoms with Crippen LogP contribution >= 0.6 is 0 Å². The molecule has 0 aliphatic rings. The zero-order valence-corrected chi connectivity index (χ0v) is 12.5. The first-order chi connectivity index (χ1) is 8.76. The highest BCUT2D eigenvalue weighted by Gasteiger charge is 2.36. The van der Waals surface area contributed by atoms with Gasteiger partial charge in [-0.15, -0.1) is 0 Å². The maximum Gasteiger partial charge on any atom is 0.325 e. The lowest BCUT2D eigenvalue weighted by Gasteiger charge is -2.34. The van der Waals surface area contributed by atoms with E-state index in [4.69, 9.17) is 4.74 Å². The second kappa shape index (κ2) is 8.43. The van der Waals surface area contributed by atoms with Crippen LogP contribution < -0.4 is 5.32 Å². The Hall–Kier alpha value is -0.750. The van der Waals surface area contributed by atoms with Crippen molar-refractivity contribution in [3.63, 3.8) is 0 Å². The molecule has 0 saturated carbocycles. The number of halogens is 2. The molecule has 0 heterocycles. The molecule has 0 fully saturated rings. The molecule has 0 aromatic heterocycles. The molecule has 0 aromatic rings. The molecule has 19 heavy (non-hydrogen) atoms. The molecule has 0 aromatic carbocycles. The van der Waals surface area contributed by atoms with Crippen LogP contribution in [0.25, 0.3) is 0 Å². The SMILES string of the molecule is CCCNC(C)(CC(C)N(C)CC(F)F)C(=O)OC. The summed E-state index contributed by atoms with van der Waals surface area (Å²) in [6, 6.07) is -0.151. The van der Waals surface area contributed by atoms with E-state index in [9.17, 15) is 13.6 Å². The number of alkyl halides is 2. The Morgan fingerprint density at radius 2 is 2.05 bits per heavy atom. The molecule has 2 atom stereocenters. The Bertz CT molecular complexity index is 277. The minimum absolute atomic E-state index is 0.151. The van der Waals surface area contributed by atoms with Gasteiger partial charge in [-0.1, -0.05) is 6.92 Å². The Morgan fingerprint density at radius 1 is 1.47 bits per heavy atom. The summed E-state index contributed by atoms with van der Waals surface area (Å²) in [5.41, 5.74) is -0.847. The molecule has 0 spiro atoms. The van der Waals surface area contributed by atoms with Crippen LogP contribution in [0.4, 0.5) is 8.78 Å². The molecule has 0 aliphatic heterocycles. The normalized spacial score (nSPS) is 16.5. The lowest BCUT2D eigenvalue weighted by molar-refractivity contribution is -0.148. The van der Waals surface area contributed by atoms with Gasteiger partial charge in [0.2, 0.25) is 0 Å². The van der Waals surface area contributed by atoms with Crippen molar-refractivity contribution in [2.45, 2.75) is 51.6 Å². The summed E-state index contributed by atoms with van der Waals surface area (Å²) in [4.78, 5) is 13.4. The van der Waals surface area contributed by atoms with Crippen LogP contribution in [-0.4, -0.2) is 56.1 Å². The van der Waals surface area contributed by atoms with Gasteiger partial charge in [0.05, 0.1) is 13.7 Å². The monoisotopic (exact) mass is 280 g/mol. The van der Waals surface area contributed by atoms with Crippen LogP contribution in [-0.2, 0) is 9.53 Å². The largest absolute Gasteiger partial charge is 0.468 e. The summed E-state index contributed by atoms with van der Waals surface area (Å²) in [5.74, 6) is -0.363. The average molecular weight is 280 g/mol. The van der Waals surface area contributed by atoms with Crippen LogP contribution in [0.5, 0.6) is 0 Å². The maximum atomic E-state index is 12.4. The molecule has 2 unspecified atom stereocenters. The van der Waals surface area contributed by atoms with Crippen LogP contribution in [0.1, 0.15) is 33.6 Å². The molecular weight excluding hydrogens is 254 g/mol. The average Bonchev–Trinajstić information content (AvgIpc) is 2.34. The molecule has 0 saturated heterocycles. The van der Waals surface area contributed by atoms with Gasteiger partial charge in [0.25, 0.3) is 6.43 Å². The second-order valence-corrected chi connectivity index (χ2v) is 5.13. The van der Waals surface area contributed by atoms with Crippen molar-refractivity contribution in [3.8, 4) is 0 Å². The van der Waals surface area contributed by atoms with Gasteiger partial charge >= 0.3 is 5.97 Å². The first-order valence-electron chi connectivity index (χ1n) is 6.58. The van der Waals surface area contributed by atoms with Crippen LogP contribution in [0.3, 0.4) is 0 Å². The Morgan fingerprint density at radius 3 is 2.47 bits per heavy atom. The number of hydrogen-bond acceptors (Lipinski definition) is 4. The van der Waals surface area contributed by atoms with Crippen LogP contribution in [0, 0.1) is 0 Å². The molecule has 0 rings (SSSR count). The molecular formula is C13H26F2N2O2. The standard InChI is InChI=1S/C13H26F2N2O2/c1-6-7-16-13(3,12(18)19-5)8-10(2)17(4)9-11(14)15/h10-11,16H,6-9H2,1-5H3. The number of rotatable bonds is 9. The fourth-order valence-electron chi connectivity index (χ4n) is 2.00. The van der Waals surface area contributed by atoms with Crippen LogP contribution in [0.15, 0.2) is 0 Å². The van der Waals surface area contributed by atoms with Gasteiger partial charge in [0, 0.05) is 6.04 Å². The zero-order valence-electron chi connectivity index (χ0n) is 12.5. The summed E-state index contributed by atoms with van der Waals surface area (Å²) in [6.45, 7) is 5.96. The molecule has 0 amide bonds. The highest BCUT2D eigenvalue weighted by molar-refractivity contribution is 5.80. The topological polar surface area (TPSA) is 41.6 Å². The Labute approximate surface area is 114 Å². The van der Waals surface area contributed by atoms with Gasteiger partial charge in [-0.05, 0) is 40.3 Å². The van der Waals surface area contributed by atoms with Gasteiger partial charge in [0.15, 0.2) is 0 Å². The van der Waals surface area contributed by atoms with Crippen molar-refractivity contribution in [3.05, 3.63) is 0 Å². The van der Waals surface area contributed by atoms with E-state index < -0.39 is 12.0 Å². The number of esters is 1. The van der Waals surface area contributed by atoms with E-state index in [1.165, 1.54) is 7.11 Å². The molecule has 0 aliphatic carbocycles. The summed E-state index contributed by atoms with van der Waals surface area (Å²) in [6.07, 6.45) is -1.07. The van der Waals surface area contributed by atoms with Crippen molar-refractivity contribution in [2.24, 2.45) is 0 Å². The fourth-order valence-corrected chi connectivity index (χ4v) is 2.00. The number of carbonyl (C=O) groups is 1. The number of nitrogens with zero attached hydrogens (tertiary/aromatic N) is 1. The minimum Gasteiger partial charge on any atom is -0.468 e. The van der Waals surface area contributed by atoms with E-state index in [-0.39, 0.29) is 18.6 Å². The van der Waals surface area contributed by atoms with Gasteiger partial charge in [-0.2, -0.15) is 0 Å². The van der Waals surface area contributed by atoms with E-state index in [1.807, 2.05) is 13.8 Å². The van der Waals surface area contributed by atoms with Gasteiger partial charge in [-0.3, -0.25) is 9.69 Å². The molecule has 114 valence electrons. The molecule has 0 radical (unpaired) electrons. The van der Waals surface area contributed by atoms with Gasteiger partial charge < -0.3 is 10.1 Å².